The van der Waals surface area contributed by atoms with E-state index in [1.54, 1.807) is 0 Å². The largest absolute Gasteiger partial charge is 0.311 e. The molecule has 2 nitrogen and oxygen atoms in total. The maximum Gasteiger partial charge on any atom is 0.0235 e. The van der Waals surface area contributed by atoms with Gasteiger partial charge in [0.05, 0.1) is 0 Å². The second kappa shape index (κ2) is 6.53. The van der Waals surface area contributed by atoms with Gasteiger partial charge in [-0.25, -0.2) is 0 Å². The van der Waals surface area contributed by atoms with Crippen molar-refractivity contribution in [3.8, 4) is 0 Å². The van der Waals surface area contributed by atoms with Crippen LogP contribution in [0.25, 0.3) is 0 Å². The molecule has 1 heterocycles. The van der Waals surface area contributed by atoms with Crippen molar-refractivity contribution >= 4 is 0 Å². The number of nitrogens with zero attached hydrogens (tertiary/aromatic N) is 1. The minimum absolute atomic E-state index is 0.657. The SMILES string of the molecule is CCC(C)C1CN(Cc2cc(C)cc(C)c2)CCN1. The first-order valence-electron chi connectivity index (χ1n) is 7.61. The summed E-state index contributed by atoms with van der Waals surface area (Å²) in [5.41, 5.74) is 4.22. The van der Waals surface area contributed by atoms with Gasteiger partial charge in [-0.3, -0.25) is 4.90 Å². The number of nitrogens with one attached hydrogen (secondary N) is 1. The number of aryl methyl sites for hydroxylation is 2. The predicted octanol–water partition coefficient (Wildman–Crippen LogP) is 3.12. The molecular formula is C17H28N2. The molecule has 0 bridgehead atoms. The maximum absolute atomic E-state index is 3.67. The lowest BCUT2D eigenvalue weighted by Crippen LogP contribution is -2.52. The fourth-order valence-electron chi connectivity index (χ4n) is 3.07. The van der Waals surface area contributed by atoms with Crippen LogP contribution in [0.4, 0.5) is 0 Å². The van der Waals surface area contributed by atoms with Crippen LogP contribution in [0.1, 0.15) is 37.0 Å². The van der Waals surface area contributed by atoms with Gasteiger partial charge >= 0.3 is 0 Å². The van der Waals surface area contributed by atoms with Crippen LogP contribution < -0.4 is 5.32 Å². The lowest BCUT2D eigenvalue weighted by Gasteiger charge is -2.36. The summed E-state index contributed by atoms with van der Waals surface area (Å²) in [6, 6.07) is 7.56. The molecule has 19 heavy (non-hydrogen) atoms. The topological polar surface area (TPSA) is 15.3 Å². The number of hydrogen-bond acceptors (Lipinski definition) is 2. The van der Waals surface area contributed by atoms with Crippen molar-refractivity contribution in [1.29, 1.82) is 0 Å². The van der Waals surface area contributed by atoms with E-state index in [0.717, 1.165) is 19.0 Å². The van der Waals surface area contributed by atoms with Crippen LogP contribution in [0.3, 0.4) is 0 Å². The smallest absolute Gasteiger partial charge is 0.0235 e. The molecule has 0 amide bonds. The van der Waals surface area contributed by atoms with Crippen molar-refractivity contribution < 1.29 is 0 Å². The van der Waals surface area contributed by atoms with Gasteiger partial charge < -0.3 is 5.32 Å². The van der Waals surface area contributed by atoms with Crippen molar-refractivity contribution in [2.75, 3.05) is 19.6 Å². The van der Waals surface area contributed by atoms with Crippen molar-refractivity contribution in [3.05, 3.63) is 34.9 Å². The van der Waals surface area contributed by atoms with Crippen molar-refractivity contribution in [1.82, 2.24) is 10.2 Å². The van der Waals surface area contributed by atoms with E-state index in [1.807, 2.05) is 0 Å². The molecule has 0 aromatic heterocycles. The molecule has 0 spiro atoms. The Morgan fingerprint density at radius 3 is 2.58 bits per heavy atom. The van der Waals surface area contributed by atoms with Gasteiger partial charge in [0.15, 0.2) is 0 Å². The van der Waals surface area contributed by atoms with Gasteiger partial charge in [-0.05, 0) is 25.3 Å². The molecule has 2 rings (SSSR count). The molecular weight excluding hydrogens is 232 g/mol. The molecule has 1 N–H and O–H groups in total. The fourth-order valence-corrected chi connectivity index (χ4v) is 3.07. The van der Waals surface area contributed by atoms with Crippen LogP contribution in [-0.4, -0.2) is 30.6 Å². The first kappa shape index (κ1) is 14.5. The molecule has 1 aromatic carbocycles. The quantitative estimate of drug-likeness (QED) is 0.895. The molecule has 0 aliphatic carbocycles. The summed E-state index contributed by atoms with van der Waals surface area (Å²) in [6.07, 6.45) is 1.26. The Kier molecular flexibility index (Phi) is 5.00. The van der Waals surface area contributed by atoms with E-state index in [0.29, 0.717) is 6.04 Å². The lowest BCUT2D eigenvalue weighted by molar-refractivity contribution is 0.162. The normalized spacial score (nSPS) is 22.4. The second-order valence-electron chi connectivity index (χ2n) is 6.18. The van der Waals surface area contributed by atoms with Crippen molar-refractivity contribution in [3.63, 3.8) is 0 Å². The molecule has 1 aromatic rings. The number of hydrogen-bond donors (Lipinski definition) is 1. The van der Waals surface area contributed by atoms with E-state index in [1.165, 1.54) is 36.2 Å². The lowest BCUT2D eigenvalue weighted by atomic mass is 9.97. The van der Waals surface area contributed by atoms with E-state index < -0.39 is 0 Å². The van der Waals surface area contributed by atoms with Crippen LogP contribution in [0, 0.1) is 19.8 Å². The summed E-state index contributed by atoms with van der Waals surface area (Å²) in [5.74, 6) is 0.766. The first-order chi connectivity index (χ1) is 9.08. The molecule has 106 valence electrons. The van der Waals surface area contributed by atoms with Gasteiger partial charge in [0.2, 0.25) is 0 Å². The second-order valence-corrected chi connectivity index (χ2v) is 6.18. The highest BCUT2D eigenvalue weighted by Gasteiger charge is 2.23. The Morgan fingerprint density at radius 1 is 1.26 bits per heavy atom. The highest BCUT2D eigenvalue weighted by molar-refractivity contribution is 5.28. The Hall–Kier alpha value is -0.860. The molecule has 1 aliphatic heterocycles. The maximum atomic E-state index is 3.67. The van der Waals surface area contributed by atoms with Crippen molar-refractivity contribution in [2.24, 2.45) is 5.92 Å². The van der Waals surface area contributed by atoms with Gasteiger partial charge in [0.25, 0.3) is 0 Å². The molecule has 2 atom stereocenters. The standard InChI is InChI=1S/C17H28N2/c1-5-15(4)17-12-19(7-6-18-17)11-16-9-13(2)8-14(3)10-16/h8-10,15,17-18H,5-7,11-12H2,1-4H3. The number of piperazine rings is 1. The van der Waals surface area contributed by atoms with Crippen LogP contribution in [-0.2, 0) is 6.54 Å². The molecule has 0 saturated carbocycles. The average Bonchev–Trinajstić information content (AvgIpc) is 2.37. The van der Waals surface area contributed by atoms with Gasteiger partial charge in [0.1, 0.15) is 0 Å². The predicted molar refractivity (Wildman–Crippen MR) is 82.4 cm³/mol. The summed E-state index contributed by atoms with van der Waals surface area (Å²) in [4.78, 5) is 2.60. The third kappa shape index (κ3) is 4.05. The molecule has 1 aliphatic rings. The summed E-state index contributed by atoms with van der Waals surface area (Å²) in [6.45, 7) is 13.6. The Labute approximate surface area is 118 Å². The van der Waals surface area contributed by atoms with Crippen LogP contribution in [0.15, 0.2) is 18.2 Å². The van der Waals surface area contributed by atoms with Gasteiger partial charge in [0, 0.05) is 32.2 Å². The summed E-state index contributed by atoms with van der Waals surface area (Å²) >= 11 is 0. The Bertz CT molecular complexity index is 393. The zero-order valence-electron chi connectivity index (χ0n) is 12.9. The highest BCUT2D eigenvalue weighted by atomic mass is 15.2. The monoisotopic (exact) mass is 260 g/mol. The molecule has 0 radical (unpaired) electrons. The van der Waals surface area contributed by atoms with E-state index in [2.05, 4.69) is 56.1 Å². The number of benzene rings is 1. The number of rotatable bonds is 4. The molecule has 1 fully saturated rings. The minimum Gasteiger partial charge on any atom is -0.311 e. The fraction of sp³-hybridized carbons (Fsp3) is 0.647. The third-order valence-electron chi connectivity index (χ3n) is 4.31. The van der Waals surface area contributed by atoms with Crippen LogP contribution in [0.5, 0.6) is 0 Å². The molecule has 1 saturated heterocycles. The van der Waals surface area contributed by atoms with Crippen LogP contribution in [0.2, 0.25) is 0 Å². The summed E-state index contributed by atoms with van der Waals surface area (Å²) in [5, 5.41) is 3.67. The molecule has 2 heteroatoms. The Balaban J connectivity index is 1.98. The van der Waals surface area contributed by atoms with Crippen LogP contribution >= 0.6 is 0 Å². The van der Waals surface area contributed by atoms with Crippen molar-refractivity contribution in [2.45, 2.75) is 46.7 Å². The summed E-state index contributed by atoms with van der Waals surface area (Å²) < 4.78 is 0. The average molecular weight is 260 g/mol. The minimum atomic E-state index is 0.657. The Morgan fingerprint density at radius 2 is 1.95 bits per heavy atom. The van der Waals surface area contributed by atoms with Gasteiger partial charge in [-0.1, -0.05) is 49.6 Å². The van der Waals surface area contributed by atoms with E-state index in [-0.39, 0.29) is 0 Å². The zero-order valence-corrected chi connectivity index (χ0v) is 12.9. The molecule has 2 unspecified atom stereocenters. The van der Waals surface area contributed by atoms with E-state index >= 15 is 0 Å². The third-order valence-corrected chi connectivity index (χ3v) is 4.31. The zero-order chi connectivity index (χ0) is 13.8. The van der Waals surface area contributed by atoms with E-state index in [9.17, 15) is 0 Å². The van der Waals surface area contributed by atoms with Gasteiger partial charge in [-0.15, -0.1) is 0 Å². The summed E-state index contributed by atoms with van der Waals surface area (Å²) in [7, 11) is 0. The van der Waals surface area contributed by atoms with E-state index in [4.69, 9.17) is 0 Å². The highest BCUT2D eigenvalue weighted by Crippen LogP contribution is 2.16. The van der Waals surface area contributed by atoms with Gasteiger partial charge in [-0.2, -0.15) is 0 Å². The first-order valence-corrected chi connectivity index (χ1v) is 7.61.